The molecule has 0 aromatic heterocycles. The molecule has 1 aromatic carbocycles. The van der Waals surface area contributed by atoms with Crippen molar-refractivity contribution in [2.45, 2.75) is 43.4 Å². The number of hydrogen-bond donors (Lipinski definition) is 8. The molecule has 1 amide bonds. The van der Waals surface area contributed by atoms with E-state index in [2.05, 4.69) is 5.32 Å². The summed E-state index contributed by atoms with van der Waals surface area (Å²) in [5.41, 5.74) is -3.92. The van der Waals surface area contributed by atoms with Gasteiger partial charge in [-0.3, -0.25) is 39.4 Å². The van der Waals surface area contributed by atoms with Gasteiger partial charge in [0.2, 0.25) is 5.78 Å². The van der Waals surface area contributed by atoms with Crippen molar-refractivity contribution in [2.24, 2.45) is 17.8 Å². The third-order valence-electron chi connectivity index (χ3n) is 9.47. The average molecular weight is 619 g/mol. The van der Waals surface area contributed by atoms with E-state index in [1.165, 1.54) is 25.1 Å². The predicted molar refractivity (Wildman–Crippen MR) is 149 cm³/mol. The summed E-state index contributed by atoms with van der Waals surface area (Å²) in [7, 11) is 3.02. The molecule has 15 heteroatoms. The smallest absolute Gasteiger partial charge is 0.259 e. The van der Waals surface area contributed by atoms with Crippen molar-refractivity contribution in [3.05, 3.63) is 52.0 Å². The molecule has 0 radical (unpaired) electrons. The lowest BCUT2D eigenvalue weighted by Gasteiger charge is -2.53. The summed E-state index contributed by atoms with van der Waals surface area (Å²) in [6.45, 7) is 2.60. The number of piperidine rings is 1. The third-order valence-corrected chi connectivity index (χ3v) is 9.47. The van der Waals surface area contributed by atoms with Crippen molar-refractivity contribution in [3.63, 3.8) is 0 Å². The van der Waals surface area contributed by atoms with Crippen molar-refractivity contribution in [3.8, 4) is 5.75 Å². The topological polar surface area (TPSA) is 224 Å². The van der Waals surface area contributed by atoms with Gasteiger partial charge in [-0.2, -0.15) is 0 Å². The van der Waals surface area contributed by atoms with E-state index in [1.54, 1.807) is 19.1 Å². The van der Waals surface area contributed by atoms with Gasteiger partial charge in [0.05, 0.1) is 42.3 Å². The second-order valence-corrected chi connectivity index (χ2v) is 12.2. The normalized spacial score (nSPS) is 32.6. The van der Waals surface area contributed by atoms with E-state index >= 15 is 0 Å². The second kappa shape index (κ2) is 11.8. The summed E-state index contributed by atoms with van der Waals surface area (Å²) in [6, 6.07) is 3.13. The van der Waals surface area contributed by atoms with Crippen molar-refractivity contribution in [1.29, 1.82) is 0 Å². The van der Waals surface area contributed by atoms with E-state index in [-0.39, 0.29) is 35.9 Å². The molecule has 4 aliphatic rings. The van der Waals surface area contributed by atoms with E-state index < -0.39 is 75.6 Å². The fourth-order valence-electron chi connectivity index (χ4n) is 7.44. The lowest BCUT2D eigenvalue weighted by molar-refractivity contribution is -0.494. The molecule has 0 spiro atoms. The number of fused-ring (bicyclic) bond motifs is 3. The Bertz CT molecular complexity index is 1430. The van der Waals surface area contributed by atoms with E-state index in [0.29, 0.717) is 25.1 Å². The van der Waals surface area contributed by atoms with E-state index in [9.17, 15) is 39.9 Å². The maximum absolute atomic E-state index is 14.0. The number of amides is 1. The number of hydrogen-bond acceptors (Lipinski definition) is 14. The highest BCUT2D eigenvalue weighted by molar-refractivity contribution is 6.25. The van der Waals surface area contributed by atoms with Crippen LogP contribution in [0.2, 0.25) is 0 Å². The molecule has 0 saturated carbocycles. The number of nitrogens with zero attached hydrogens (tertiary/aromatic N) is 3. The van der Waals surface area contributed by atoms with Gasteiger partial charge in [-0.25, -0.2) is 0 Å². The molecule has 15 nitrogen and oxygen atoms in total. The standard InChI is InChI=1S/C29H38N4O11/c1-13-15-7-4-8-16(34)18(15)23(35)19-17(13)24(36)21-22(31(2)3)25(37)20(27(39)29(21,41)26(19)38)28(40)30-12-32-9-5-6-14(10-32)11-44-33(42)43/h4,7-8,13-14,17,21-22,24,34,36-38,41-43H,5-6,9-12H2,1-3H3,(H,30,40). The summed E-state index contributed by atoms with van der Waals surface area (Å²) < 4.78 is 0. The summed E-state index contributed by atoms with van der Waals surface area (Å²) in [5.74, 6) is -8.77. The monoisotopic (exact) mass is 618 g/mol. The van der Waals surface area contributed by atoms with Crippen LogP contribution >= 0.6 is 0 Å². The van der Waals surface area contributed by atoms with Gasteiger partial charge in [0.1, 0.15) is 22.8 Å². The molecule has 7 atom stereocenters. The van der Waals surface area contributed by atoms with Crippen molar-refractivity contribution in [1.82, 2.24) is 20.5 Å². The van der Waals surface area contributed by atoms with Crippen LogP contribution in [0.3, 0.4) is 0 Å². The van der Waals surface area contributed by atoms with E-state index in [1.807, 2.05) is 4.90 Å². The fourth-order valence-corrected chi connectivity index (χ4v) is 7.44. The molecule has 8 N–H and O–H groups in total. The van der Waals surface area contributed by atoms with Crippen LogP contribution in [-0.2, 0) is 14.4 Å². The minimum absolute atomic E-state index is 0.0116. The molecule has 44 heavy (non-hydrogen) atoms. The quantitative estimate of drug-likeness (QED) is 0.148. The van der Waals surface area contributed by atoms with Gasteiger partial charge >= 0.3 is 0 Å². The first kappa shape index (κ1) is 32.0. The number of benzene rings is 1. The molecule has 1 aliphatic heterocycles. The number of nitrogens with one attached hydrogen (secondary N) is 1. The van der Waals surface area contributed by atoms with Gasteiger partial charge in [-0.1, -0.05) is 19.1 Å². The fraction of sp³-hybridized carbons (Fsp3) is 0.552. The summed E-state index contributed by atoms with van der Waals surface area (Å²) in [4.78, 5) is 49.1. The maximum Gasteiger partial charge on any atom is 0.259 e. The van der Waals surface area contributed by atoms with Gasteiger partial charge in [-0.05, 0) is 56.9 Å². The van der Waals surface area contributed by atoms with E-state index in [4.69, 9.17) is 15.3 Å². The number of carbonyl (C=O) groups is 3. The Labute approximate surface area is 252 Å². The Hall–Kier alpha value is -3.41. The number of carbonyl (C=O) groups excluding carboxylic acids is 3. The molecule has 240 valence electrons. The van der Waals surface area contributed by atoms with Crippen molar-refractivity contribution < 1.29 is 55.2 Å². The number of phenols is 1. The number of aromatic hydroxyl groups is 1. The Kier molecular flexibility index (Phi) is 8.60. The van der Waals surface area contributed by atoms with Crippen LogP contribution in [0.25, 0.3) is 0 Å². The van der Waals surface area contributed by atoms with Gasteiger partial charge < -0.3 is 30.8 Å². The number of aliphatic hydroxyl groups is 4. The number of likely N-dealkylation sites (N-methyl/N-ethyl adjacent to an activating group) is 1. The largest absolute Gasteiger partial charge is 0.510 e. The highest BCUT2D eigenvalue weighted by Gasteiger charge is 2.67. The molecular formula is C29H38N4O11. The summed E-state index contributed by atoms with van der Waals surface area (Å²) >= 11 is 0. The highest BCUT2D eigenvalue weighted by Crippen LogP contribution is 2.55. The first-order valence-corrected chi connectivity index (χ1v) is 14.4. The Morgan fingerprint density at radius 2 is 1.89 bits per heavy atom. The Balaban J connectivity index is 1.49. The first-order chi connectivity index (χ1) is 20.7. The molecule has 0 bridgehead atoms. The minimum atomic E-state index is -2.95. The van der Waals surface area contributed by atoms with Crippen LogP contribution in [0.1, 0.15) is 41.6 Å². The summed E-state index contributed by atoms with van der Waals surface area (Å²) in [5, 5.41) is 77.0. The molecule has 1 saturated heterocycles. The van der Waals surface area contributed by atoms with Crippen molar-refractivity contribution >= 4 is 17.5 Å². The second-order valence-electron chi connectivity index (χ2n) is 12.2. The average Bonchev–Trinajstić information content (AvgIpc) is 2.97. The number of aliphatic hydroxyl groups excluding tert-OH is 3. The summed E-state index contributed by atoms with van der Waals surface area (Å²) in [6.07, 6.45) is -0.188. The predicted octanol–water partition coefficient (Wildman–Crippen LogP) is -0.0352. The van der Waals surface area contributed by atoms with Gasteiger partial charge in [0, 0.05) is 18.0 Å². The molecule has 1 fully saturated rings. The van der Waals surface area contributed by atoms with Gasteiger partial charge in [0.25, 0.3) is 5.91 Å². The SMILES string of the molecule is CC1c2cccc(O)c2C(=O)C2=C(O)C3(O)C(=O)C(C(=O)NCN4CCCC(CON(O)O)C4)=C(O)C(N(C)C)C3C(O)C21. The third kappa shape index (κ3) is 4.98. The van der Waals surface area contributed by atoms with Crippen LogP contribution in [0.4, 0.5) is 0 Å². The molecule has 1 aromatic rings. The van der Waals surface area contributed by atoms with E-state index in [0.717, 1.165) is 6.42 Å². The minimum Gasteiger partial charge on any atom is -0.510 e. The maximum atomic E-state index is 14.0. The van der Waals surface area contributed by atoms with Crippen molar-refractivity contribution in [2.75, 3.05) is 40.5 Å². The first-order valence-electron chi connectivity index (χ1n) is 14.4. The highest BCUT2D eigenvalue weighted by atomic mass is 17.1. The van der Waals surface area contributed by atoms with Gasteiger partial charge in [0.15, 0.2) is 11.4 Å². The molecule has 3 aliphatic carbocycles. The van der Waals surface area contributed by atoms with Crippen LogP contribution in [0, 0.1) is 17.8 Å². The molecule has 5 rings (SSSR count). The zero-order valence-electron chi connectivity index (χ0n) is 24.5. The molecule has 7 unspecified atom stereocenters. The number of ketones is 2. The number of rotatable bonds is 7. The van der Waals surface area contributed by atoms with Crippen LogP contribution in [0.5, 0.6) is 5.75 Å². The zero-order valence-corrected chi connectivity index (χ0v) is 24.5. The van der Waals surface area contributed by atoms with Gasteiger partial charge in [-0.15, -0.1) is 0 Å². The number of Topliss-reactive ketones (excluding diaryl/α,β-unsaturated/α-hetero) is 2. The Morgan fingerprint density at radius 1 is 1.18 bits per heavy atom. The lowest BCUT2D eigenvalue weighted by Crippen LogP contribution is -2.68. The van der Waals surface area contributed by atoms with Crippen LogP contribution in [0.15, 0.2) is 40.9 Å². The Morgan fingerprint density at radius 3 is 2.55 bits per heavy atom. The lowest BCUT2D eigenvalue weighted by atomic mass is 9.55. The number of phenolic OH excluding ortho intramolecular Hbond substituents is 1. The number of likely N-dealkylation sites (tertiary alicyclic amines) is 1. The van der Waals surface area contributed by atoms with Crippen LogP contribution < -0.4 is 5.32 Å². The molecule has 1 heterocycles. The van der Waals surface area contributed by atoms with Crippen LogP contribution in [-0.4, -0.2) is 127 Å². The zero-order chi connectivity index (χ0) is 32.2. The molecular weight excluding hydrogens is 580 g/mol.